The van der Waals surface area contributed by atoms with Gasteiger partial charge in [-0.05, 0) is 35.9 Å². The summed E-state index contributed by atoms with van der Waals surface area (Å²) in [5.74, 6) is -0.310. The van der Waals surface area contributed by atoms with Crippen LogP contribution in [-0.2, 0) is 16.6 Å². The molecule has 1 saturated heterocycles. The van der Waals surface area contributed by atoms with E-state index in [4.69, 9.17) is 11.6 Å². The van der Waals surface area contributed by atoms with E-state index in [2.05, 4.69) is 0 Å². The number of sulfonamides is 1. The highest BCUT2D eigenvalue weighted by Crippen LogP contribution is 2.29. The molecule has 5 nitrogen and oxygen atoms in total. The van der Waals surface area contributed by atoms with Gasteiger partial charge in [-0.15, -0.1) is 11.3 Å². The SMILES string of the molecule is CN(Cc1ccccc1Cl)C(=O)c1sccc1S(=O)(=O)N1CCCCC1. The summed E-state index contributed by atoms with van der Waals surface area (Å²) < 4.78 is 27.4. The average Bonchev–Trinajstić information content (AvgIpc) is 3.14. The van der Waals surface area contributed by atoms with E-state index >= 15 is 0 Å². The van der Waals surface area contributed by atoms with Crippen LogP contribution in [0.1, 0.15) is 34.5 Å². The smallest absolute Gasteiger partial charge is 0.265 e. The van der Waals surface area contributed by atoms with Crippen molar-refractivity contribution in [2.24, 2.45) is 0 Å². The van der Waals surface area contributed by atoms with Gasteiger partial charge in [0.25, 0.3) is 5.91 Å². The number of piperidine rings is 1. The van der Waals surface area contributed by atoms with Crippen LogP contribution in [0, 0.1) is 0 Å². The maximum absolute atomic E-state index is 12.9. The Kier molecular flexibility index (Phi) is 6.02. The van der Waals surface area contributed by atoms with Crippen LogP contribution in [0.5, 0.6) is 0 Å². The molecule has 1 aliphatic heterocycles. The molecule has 1 fully saturated rings. The minimum absolute atomic E-state index is 0.111. The fourth-order valence-corrected chi connectivity index (χ4v) is 6.13. The molecule has 0 spiro atoms. The van der Waals surface area contributed by atoms with E-state index in [0.29, 0.717) is 24.7 Å². The van der Waals surface area contributed by atoms with Crippen LogP contribution in [0.3, 0.4) is 0 Å². The molecule has 8 heteroatoms. The Hall–Kier alpha value is -1.41. The summed E-state index contributed by atoms with van der Waals surface area (Å²) in [4.78, 5) is 14.8. The summed E-state index contributed by atoms with van der Waals surface area (Å²) in [6, 6.07) is 8.84. The van der Waals surface area contributed by atoms with E-state index < -0.39 is 10.0 Å². The Balaban J connectivity index is 1.83. The van der Waals surface area contributed by atoms with Crippen molar-refractivity contribution in [1.29, 1.82) is 0 Å². The van der Waals surface area contributed by atoms with Crippen LogP contribution in [0.15, 0.2) is 40.6 Å². The van der Waals surface area contributed by atoms with Crippen molar-refractivity contribution in [3.8, 4) is 0 Å². The lowest BCUT2D eigenvalue weighted by Crippen LogP contribution is -2.36. The van der Waals surface area contributed by atoms with Gasteiger partial charge in [0.05, 0.1) is 0 Å². The summed E-state index contributed by atoms with van der Waals surface area (Å²) in [7, 11) is -1.98. The normalized spacial score (nSPS) is 15.8. The highest BCUT2D eigenvalue weighted by molar-refractivity contribution is 7.89. The van der Waals surface area contributed by atoms with Gasteiger partial charge in [-0.2, -0.15) is 4.31 Å². The third kappa shape index (κ3) is 3.96. The molecule has 1 amide bonds. The number of amides is 1. The van der Waals surface area contributed by atoms with Crippen LogP contribution in [0.25, 0.3) is 0 Å². The molecule has 0 saturated carbocycles. The van der Waals surface area contributed by atoms with Gasteiger partial charge in [0.15, 0.2) is 0 Å². The van der Waals surface area contributed by atoms with Crippen molar-refractivity contribution >= 4 is 38.9 Å². The third-order valence-electron chi connectivity index (χ3n) is 4.47. The monoisotopic (exact) mass is 412 g/mol. The largest absolute Gasteiger partial charge is 0.337 e. The quantitative estimate of drug-likeness (QED) is 0.749. The lowest BCUT2D eigenvalue weighted by atomic mass is 10.2. The van der Waals surface area contributed by atoms with Gasteiger partial charge in [-0.1, -0.05) is 36.2 Å². The van der Waals surface area contributed by atoms with Gasteiger partial charge in [-0.25, -0.2) is 8.42 Å². The molecule has 0 unspecified atom stereocenters. The summed E-state index contributed by atoms with van der Waals surface area (Å²) in [5, 5.41) is 2.24. The van der Waals surface area contributed by atoms with Crippen molar-refractivity contribution in [3.05, 3.63) is 51.2 Å². The second kappa shape index (κ2) is 8.08. The van der Waals surface area contributed by atoms with Crippen LogP contribution in [-0.4, -0.2) is 43.7 Å². The minimum Gasteiger partial charge on any atom is -0.337 e. The summed E-state index contributed by atoms with van der Waals surface area (Å²) in [5.41, 5.74) is 0.821. The first-order valence-electron chi connectivity index (χ1n) is 8.48. The minimum atomic E-state index is -3.64. The molecular formula is C18H21ClN2O3S2. The van der Waals surface area contributed by atoms with Gasteiger partial charge in [0, 0.05) is 31.7 Å². The molecule has 1 aromatic heterocycles. The van der Waals surface area contributed by atoms with Crippen LogP contribution < -0.4 is 0 Å². The molecule has 2 aromatic rings. The number of hydrogen-bond donors (Lipinski definition) is 0. The number of benzene rings is 1. The molecule has 0 radical (unpaired) electrons. The van der Waals surface area contributed by atoms with E-state index in [1.807, 2.05) is 18.2 Å². The van der Waals surface area contributed by atoms with Gasteiger partial charge in [0.1, 0.15) is 9.77 Å². The number of nitrogens with zero attached hydrogens (tertiary/aromatic N) is 2. The Bertz CT molecular complexity index is 889. The molecule has 0 N–H and O–H groups in total. The van der Waals surface area contributed by atoms with Crippen molar-refractivity contribution in [3.63, 3.8) is 0 Å². The topological polar surface area (TPSA) is 57.7 Å². The van der Waals surface area contributed by atoms with E-state index in [0.717, 1.165) is 36.2 Å². The Morgan fingerprint density at radius 1 is 1.19 bits per heavy atom. The first-order chi connectivity index (χ1) is 12.4. The average molecular weight is 413 g/mol. The van der Waals surface area contributed by atoms with E-state index in [-0.39, 0.29) is 15.7 Å². The van der Waals surface area contributed by atoms with E-state index in [1.54, 1.807) is 18.5 Å². The maximum atomic E-state index is 12.9. The molecule has 3 rings (SSSR count). The fourth-order valence-electron chi connectivity index (χ4n) is 3.03. The second-order valence-electron chi connectivity index (χ2n) is 6.33. The van der Waals surface area contributed by atoms with Gasteiger partial charge in [-0.3, -0.25) is 4.79 Å². The Morgan fingerprint density at radius 3 is 2.58 bits per heavy atom. The summed E-state index contributed by atoms with van der Waals surface area (Å²) in [6.07, 6.45) is 2.76. The number of carbonyl (C=O) groups is 1. The van der Waals surface area contributed by atoms with Gasteiger partial charge >= 0.3 is 0 Å². The summed E-state index contributed by atoms with van der Waals surface area (Å²) >= 11 is 7.33. The van der Waals surface area contributed by atoms with Gasteiger partial charge < -0.3 is 4.90 Å². The van der Waals surface area contributed by atoms with Crippen molar-refractivity contribution in [1.82, 2.24) is 9.21 Å². The first-order valence-corrected chi connectivity index (χ1v) is 11.2. The second-order valence-corrected chi connectivity index (χ2v) is 9.56. The molecule has 0 bridgehead atoms. The Morgan fingerprint density at radius 2 is 1.88 bits per heavy atom. The van der Waals surface area contributed by atoms with Crippen molar-refractivity contribution < 1.29 is 13.2 Å². The lowest BCUT2D eigenvalue weighted by Gasteiger charge is -2.26. The molecule has 1 aliphatic rings. The highest BCUT2D eigenvalue weighted by Gasteiger charge is 2.31. The predicted molar refractivity (Wildman–Crippen MR) is 104 cm³/mol. The zero-order valence-electron chi connectivity index (χ0n) is 14.5. The highest BCUT2D eigenvalue weighted by atomic mass is 35.5. The molecule has 140 valence electrons. The molecule has 0 aliphatic carbocycles. The molecule has 2 heterocycles. The van der Waals surface area contributed by atoms with Crippen molar-refractivity contribution in [2.45, 2.75) is 30.7 Å². The zero-order chi connectivity index (χ0) is 18.7. The molecule has 1 aromatic carbocycles. The first kappa shape index (κ1) is 19.4. The molecule has 0 atom stereocenters. The van der Waals surface area contributed by atoms with E-state index in [9.17, 15) is 13.2 Å². The van der Waals surface area contributed by atoms with Crippen molar-refractivity contribution in [2.75, 3.05) is 20.1 Å². The number of hydrogen-bond acceptors (Lipinski definition) is 4. The number of carbonyl (C=O) groups excluding carboxylic acids is 1. The molecule has 26 heavy (non-hydrogen) atoms. The number of rotatable bonds is 5. The number of thiophene rings is 1. The maximum Gasteiger partial charge on any atom is 0.265 e. The van der Waals surface area contributed by atoms with Crippen LogP contribution in [0.4, 0.5) is 0 Å². The molecular weight excluding hydrogens is 392 g/mol. The predicted octanol–water partition coefficient (Wildman–Crippen LogP) is 3.85. The fraction of sp³-hybridized carbons (Fsp3) is 0.389. The standard InChI is InChI=1S/C18H21ClN2O3S2/c1-20(13-14-7-3-4-8-15(14)19)18(22)17-16(9-12-25-17)26(23,24)21-10-5-2-6-11-21/h3-4,7-9,12H,2,5-6,10-11,13H2,1H3. The van der Waals surface area contributed by atoms with Gasteiger partial charge in [0.2, 0.25) is 10.0 Å². The van der Waals surface area contributed by atoms with E-state index in [1.165, 1.54) is 15.3 Å². The Labute approximate surface area is 163 Å². The van der Waals surface area contributed by atoms with Crippen LogP contribution >= 0.6 is 22.9 Å². The third-order valence-corrected chi connectivity index (χ3v) is 7.81. The number of halogens is 1. The van der Waals surface area contributed by atoms with Crippen LogP contribution in [0.2, 0.25) is 5.02 Å². The summed E-state index contributed by atoms with van der Waals surface area (Å²) in [6.45, 7) is 1.35. The zero-order valence-corrected chi connectivity index (χ0v) is 16.9. The lowest BCUT2D eigenvalue weighted by molar-refractivity contribution is 0.0786.